The van der Waals surface area contributed by atoms with Gasteiger partial charge in [-0.1, -0.05) is 0 Å². The Hall–Kier alpha value is -0.160. The van der Waals surface area contributed by atoms with Crippen molar-refractivity contribution < 1.29 is 19.6 Å². The summed E-state index contributed by atoms with van der Waals surface area (Å²) in [7, 11) is 1.45. The third-order valence-corrected chi connectivity index (χ3v) is 0.725. The molecule has 0 radical (unpaired) electrons. The zero-order valence-corrected chi connectivity index (χ0v) is 5.50. The van der Waals surface area contributed by atoms with Crippen molar-refractivity contribution in [3.8, 4) is 0 Å². The lowest BCUT2D eigenvalue weighted by Crippen LogP contribution is -2.00. The molecular weight excluding hydrogens is 124 g/mol. The molecular formula is C5H12O4. The van der Waals surface area contributed by atoms with Crippen LogP contribution in [0.2, 0.25) is 0 Å². The van der Waals surface area contributed by atoms with Crippen LogP contribution in [-0.2, 0) is 14.5 Å². The molecule has 0 spiro atoms. The molecule has 0 rings (SSSR count). The van der Waals surface area contributed by atoms with E-state index in [1.807, 2.05) is 0 Å². The van der Waals surface area contributed by atoms with Crippen LogP contribution in [0.4, 0.5) is 0 Å². The zero-order valence-electron chi connectivity index (χ0n) is 5.50. The molecule has 9 heavy (non-hydrogen) atoms. The third kappa shape index (κ3) is 7.84. The highest BCUT2D eigenvalue weighted by Crippen LogP contribution is 1.82. The van der Waals surface area contributed by atoms with E-state index in [0.29, 0.717) is 13.2 Å². The van der Waals surface area contributed by atoms with Crippen molar-refractivity contribution in [2.75, 3.05) is 27.1 Å². The Kier molecular flexibility index (Phi) is 7.70. The Bertz CT molecular complexity index is 42.2. The summed E-state index contributed by atoms with van der Waals surface area (Å²) >= 11 is 0. The predicted molar refractivity (Wildman–Crippen MR) is 30.6 cm³/mol. The summed E-state index contributed by atoms with van der Waals surface area (Å²) in [6, 6.07) is 0. The van der Waals surface area contributed by atoms with E-state index in [9.17, 15) is 0 Å². The second-order valence-corrected chi connectivity index (χ2v) is 1.38. The average Bonchev–Trinajstić information content (AvgIpc) is 1.89. The van der Waals surface area contributed by atoms with Gasteiger partial charge in [-0.15, -0.1) is 0 Å². The SMILES string of the molecule is COOCCCOCO. The summed E-state index contributed by atoms with van der Waals surface area (Å²) in [4.78, 5) is 8.82. The number of aliphatic hydroxyl groups excluding tert-OH is 1. The van der Waals surface area contributed by atoms with E-state index >= 15 is 0 Å². The average molecular weight is 136 g/mol. The van der Waals surface area contributed by atoms with Crippen LogP contribution in [0.3, 0.4) is 0 Å². The molecule has 0 aliphatic heterocycles. The minimum atomic E-state index is -0.229. The minimum absolute atomic E-state index is 0.229. The molecule has 0 bridgehead atoms. The molecule has 0 heterocycles. The molecule has 0 aromatic carbocycles. The van der Waals surface area contributed by atoms with Crippen molar-refractivity contribution in [1.82, 2.24) is 0 Å². The molecule has 0 saturated heterocycles. The predicted octanol–water partition coefficient (Wildman–Crippen LogP) is -0.0791. The van der Waals surface area contributed by atoms with E-state index in [0.717, 1.165) is 6.42 Å². The van der Waals surface area contributed by atoms with Gasteiger partial charge in [-0.2, -0.15) is 0 Å². The van der Waals surface area contributed by atoms with Crippen molar-refractivity contribution in [1.29, 1.82) is 0 Å². The van der Waals surface area contributed by atoms with Gasteiger partial charge in [0.25, 0.3) is 0 Å². The molecule has 56 valence electrons. The van der Waals surface area contributed by atoms with E-state index in [-0.39, 0.29) is 6.79 Å². The van der Waals surface area contributed by atoms with Crippen LogP contribution >= 0.6 is 0 Å². The van der Waals surface area contributed by atoms with Gasteiger partial charge in [0.05, 0.1) is 20.3 Å². The lowest BCUT2D eigenvalue weighted by Gasteiger charge is -1.98. The topological polar surface area (TPSA) is 47.9 Å². The van der Waals surface area contributed by atoms with E-state index in [2.05, 4.69) is 14.5 Å². The van der Waals surface area contributed by atoms with E-state index < -0.39 is 0 Å². The number of hydrogen-bond acceptors (Lipinski definition) is 4. The lowest BCUT2D eigenvalue weighted by atomic mass is 10.5. The quantitative estimate of drug-likeness (QED) is 0.240. The van der Waals surface area contributed by atoms with Crippen molar-refractivity contribution in [2.24, 2.45) is 0 Å². The van der Waals surface area contributed by atoms with Gasteiger partial charge in [0.1, 0.15) is 6.79 Å². The first kappa shape index (κ1) is 8.84. The van der Waals surface area contributed by atoms with Gasteiger partial charge < -0.3 is 9.84 Å². The summed E-state index contributed by atoms with van der Waals surface area (Å²) in [6.07, 6.45) is 0.731. The van der Waals surface area contributed by atoms with Gasteiger partial charge in [-0.05, 0) is 6.42 Å². The van der Waals surface area contributed by atoms with E-state index in [1.165, 1.54) is 7.11 Å². The maximum absolute atomic E-state index is 8.13. The Morgan fingerprint density at radius 3 is 2.67 bits per heavy atom. The fraction of sp³-hybridized carbons (Fsp3) is 1.00. The fourth-order valence-electron chi connectivity index (χ4n) is 0.368. The molecule has 0 aliphatic rings. The van der Waals surface area contributed by atoms with Crippen molar-refractivity contribution in [3.05, 3.63) is 0 Å². The van der Waals surface area contributed by atoms with Gasteiger partial charge in [0.2, 0.25) is 0 Å². The second kappa shape index (κ2) is 7.84. The normalized spacial score (nSPS) is 10.0. The monoisotopic (exact) mass is 136 g/mol. The van der Waals surface area contributed by atoms with Crippen molar-refractivity contribution >= 4 is 0 Å². The smallest absolute Gasteiger partial charge is 0.143 e. The minimum Gasteiger partial charge on any atom is -0.371 e. The zero-order chi connectivity index (χ0) is 6.95. The van der Waals surface area contributed by atoms with Crippen LogP contribution in [-0.4, -0.2) is 32.2 Å². The highest BCUT2D eigenvalue weighted by atomic mass is 17.2. The van der Waals surface area contributed by atoms with E-state index in [1.54, 1.807) is 0 Å². The highest BCUT2D eigenvalue weighted by molar-refractivity contribution is 4.28. The van der Waals surface area contributed by atoms with Crippen LogP contribution in [0.15, 0.2) is 0 Å². The molecule has 4 heteroatoms. The Morgan fingerprint density at radius 2 is 2.11 bits per heavy atom. The maximum Gasteiger partial charge on any atom is 0.143 e. The largest absolute Gasteiger partial charge is 0.371 e. The van der Waals surface area contributed by atoms with Crippen LogP contribution in [0, 0.1) is 0 Å². The first-order valence-electron chi connectivity index (χ1n) is 2.76. The summed E-state index contributed by atoms with van der Waals surface area (Å²) in [5, 5.41) is 8.13. The number of ether oxygens (including phenoxy) is 1. The molecule has 0 aliphatic carbocycles. The highest BCUT2D eigenvalue weighted by Gasteiger charge is 1.86. The number of aliphatic hydroxyl groups is 1. The molecule has 4 nitrogen and oxygen atoms in total. The van der Waals surface area contributed by atoms with E-state index in [4.69, 9.17) is 5.11 Å². The number of hydrogen-bond donors (Lipinski definition) is 1. The summed E-state index contributed by atoms with van der Waals surface area (Å²) in [6.45, 7) is 0.767. The lowest BCUT2D eigenvalue weighted by molar-refractivity contribution is -0.274. The molecule has 0 fully saturated rings. The van der Waals surface area contributed by atoms with Crippen molar-refractivity contribution in [2.45, 2.75) is 6.42 Å². The molecule has 1 N–H and O–H groups in total. The van der Waals surface area contributed by atoms with Gasteiger partial charge in [-0.25, -0.2) is 9.78 Å². The van der Waals surface area contributed by atoms with Gasteiger partial charge in [0.15, 0.2) is 0 Å². The van der Waals surface area contributed by atoms with Crippen LogP contribution < -0.4 is 0 Å². The van der Waals surface area contributed by atoms with Crippen molar-refractivity contribution in [3.63, 3.8) is 0 Å². The Balaban J connectivity index is 2.60. The van der Waals surface area contributed by atoms with Gasteiger partial charge >= 0.3 is 0 Å². The Labute approximate surface area is 54.3 Å². The Morgan fingerprint density at radius 1 is 1.33 bits per heavy atom. The van der Waals surface area contributed by atoms with Gasteiger partial charge in [-0.3, -0.25) is 0 Å². The summed E-state index contributed by atoms with van der Waals surface area (Å²) in [5.41, 5.74) is 0. The third-order valence-electron chi connectivity index (χ3n) is 0.725. The fourth-order valence-corrected chi connectivity index (χ4v) is 0.368. The van der Waals surface area contributed by atoms with Gasteiger partial charge in [0, 0.05) is 0 Å². The molecule has 0 saturated carbocycles. The van der Waals surface area contributed by atoms with Crippen LogP contribution in [0.25, 0.3) is 0 Å². The molecule has 0 unspecified atom stereocenters. The second-order valence-electron chi connectivity index (χ2n) is 1.38. The molecule has 0 aromatic heterocycles. The first-order valence-corrected chi connectivity index (χ1v) is 2.76. The standard InChI is InChI=1S/C5H12O4/c1-7-9-4-2-3-8-5-6/h6H,2-5H2,1H3. The van der Waals surface area contributed by atoms with Crippen LogP contribution in [0.1, 0.15) is 6.42 Å². The molecule has 0 aromatic rings. The summed E-state index contributed by atoms with van der Waals surface area (Å²) in [5.74, 6) is 0. The van der Waals surface area contributed by atoms with Crippen LogP contribution in [0.5, 0.6) is 0 Å². The molecule has 0 amide bonds. The number of rotatable bonds is 6. The first-order chi connectivity index (χ1) is 4.41. The maximum atomic E-state index is 8.13. The molecule has 0 atom stereocenters. The summed E-state index contributed by atoms with van der Waals surface area (Å²) < 4.78 is 4.60.